The lowest BCUT2D eigenvalue weighted by molar-refractivity contribution is -0.229. The lowest BCUT2D eigenvalue weighted by Crippen LogP contribution is -2.81. The van der Waals surface area contributed by atoms with Crippen LogP contribution in [-0.2, 0) is 74.6 Å². The van der Waals surface area contributed by atoms with E-state index < -0.39 is 137 Å². The molecule has 89 heavy (non-hydrogen) atoms. The van der Waals surface area contributed by atoms with Crippen LogP contribution < -0.4 is 25.6 Å². The van der Waals surface area contributed by atoms with E-state index in [-0.39, 0.29) is 36.9 Å². The molecule has 9 N–H and O–H groups in total. The Hall–Kier alpha value is -7.11. The highest BCUT2D eigenvalue weighted by Gasteiger charge is 2.80. The molecule has 6 aliphatic rings. The normalized spacial score (nSPS) is 29.2. The molecular formula is C61H79N7O19S2. The van der Waals surface area contributed by atoms with Gasteiger partial charge in [-0.2, -0.15) is 0 Å². The van der Waals surface area contributed by atoms with Crippen molar-refractivity contribution in [1.82, 2.24) is 30.7 Å². The van der Waals surface area contributed by atoms with Gasteiger partial charge < -0.3 is 75.1 Å². The van der Waals surface area contributed by atoms with Crippen LogP contribution in [0.25, 0.3) is 10.9 Å². The topological polar surface area (TPSA) is 363 Å². The molecule has 1 aromatic heterocycles. The SMILES string of the molecule is CCC1(O)CC2CN(CCc3c([nH]c4ccccc34)[C@@](C(=O)OC)(c3cc4c(cc3OC)N(C)[C@H]3[C@@](O)(C(=O)OC)[C@H](OC(=O)CNC(=O)OCCSSC[C@H](NC(=O)[C@H](CC(=O)O)NC(=O)[C@@H](C)CC(=O)O)C(=O)O)[C@]5(CC)C=CCN6CC[C@]43[C@@H]65)C2)C1. The summed E-state index contributed by atoms with van der Waals surface area (Å²) in [6.07, 6.45) is 2.05. The van der Waals surface area contributed by atoms with Crippen LogP contribution in [0.5, 0.6) is 5.75 Å². The first kappa shape index (κ1) is 66.3. The first-order valence-electron chi connectivity index (χ1n) is 29.8. The number of aromatic nitrogens is 1. The summed E-state index contributed by atoms with van der Waals surface area (Å²) in [4.78, 5) is 128. The van der Waals surface area contributed by atoms with Crippen molar-refractivity contribution in [3.05, 3.63) is 70.9 Å². The first-order chi connectivity index (χ1) is 42.3. The Balaban J connectivity index is 0.962. The molecule has 3 unspecified atom stereocenters. The fraction of sp³-hybridized carbons (Fsp3) is 0.590. The van der Waals surface area contributed by atoms with Gasteiger partial charge in [0.15, 0.2) is 6.10 Å². The minimum atomic E-state index is -2.61. The second-order valence-corrected chi connectivity index (χ2v) is 26.9. The molecular weight excluding hydrogens is 1200 g/mol. The number of carboxylic acid groups (broad SMARTS) is 3. The number of fused-ring (bicyclic) bond motifs is 6. The van der Waals surface area contributed by atoms with Crippen molar-refractivity contribution < 1.29 is 92.4 Å². The predicted octanol–water partition coefficient (Wildman–Crippen LogP) is 2.72. The number of esters is 3. The van der Waals surface area contributed by atoms with Crippen LogP contribution >= 0.6 is 21.6 Å². The number of H-pyrrole nitrogens is 1. The standard InChI is InChI=1S/C61H79N7O19S2/c1-8-57(81)27-34-28-60(54(78)84-6,47-36(15-19-67(30-34)32-57)35-13-10-11-14-39(35)63-47)38-24-37-42(26-43(38)83-5)66(4)52-59(37)17-20-68-18-12-16-58(9-2,51(59)68)53(61(52,82)55(79)85-7)87-46(73)29-62-56(80)86-21-22-88-89-31-41(50(76)77)65-49(75)40(25-45(71)72)64-48(74)33(3)23-44(69)70/h10-14,16,24,26,33-34,40-41,51-53,63,81-82H,8-9,15,17-23,25,27-32H2,1-7H3,(H,62,80)(H,64,74)(H,65,75)(H,69,70)(H,71,72)(H,76,77)/t33-,34?,40-,41-,51-,52+,53+,57?,58+,59+,60-,61-/m0/s1. The molecule has 2 bridgehead atoms. The van der Waals surface area contributed by atoms with Crippen LogP contribution in [-0.4, -0.2) is 221 Å². The van der Waals surface area contributed by atoms with E-state index in [2.05, 4.69) is 30.7 Å². The van der Waals surface area contributed by atoms with E-state index in [1.165, 1.54) is 21.1 Å². The molecule has 9 rings (SSSR count). The second kappa shape index (κ2) is 26.4. The van der Waals surface area contributed by atoms with Crippen LogP contribution in [0.1, 0.15) is 88.1 Å². The fourth-order valence-electron chi connectivity index (χ4n) is 15.6. The zero-order chi connectivity index (χ0) is 64.5. The minimum Gasteiger partial charge on any atom is -0.496 e. The fourth-order valence-corrected chi connectivity index (χ4v) is 17.5. The van der Waals surface area contributed by atoms with Gasteiger partial charge >= 0.3 is 41.9 Å². The van der Waals surface area contributed by atoms with Gasteiger partial charge in [-0.1, -0.05) is 72.7 Å². The number of piperidine rings is 1. The molecule has 3 amide bonds. The Morgan fingerprint density at radius 2 is 1.56 bits per heavy atom. The highest BCUT2D eigenvalue weighted by atomic mass is 33.1. The molecule has 13 atom stereocenters. The third-order valence-corrected chi connectivity index (χ3v) is 21.6. The Morgan fingerprint density at radius 3 is 2.24 bits per heavy atom. The largest absolute Gasteiger partial charge is 0.496 e. The Kier molecular flexibility index (Phi) is 19.7. The van der Waals surface area contributed by atoms with E-state index >= 15 is 4.79 Å². The van der Waals surface area contributed by atoms with Gasteiger partial charge in [-0.3, -0.25) is 38.6 Å². The number of rotatable bonds is 24. The number of anilines is 1. The molecule has 3 aromatic rings. The lowest BCUT2D eigenvalue weighted by Gasteiger charge is -2.63. The van der Waals surface area contributed by atoms with E-state index in [1.54, 1.807) is 7.05 Å². The number of carbonyl (C=O) groups is 9. The maximum absolute atomic E-state index is 15.6. The summed E-state index contributed by atoms with van der Waals surface area (Å²) in [5.74, 6) is -10.1. The predicted molar refractivity (Wildman–Crippen MR) is 324 cm³/mol. The van der Waals surface area contributed by atoms with Crippen molar-refractivity contribution in [1.29, 1.82) is 0 Å². The number of nitrogens with zero attached hydrogens (tertiary/aromatic N) is 3. The molecule has 1 spiro atoms. The number of benzene rings is 2. The van der Waals surface area contributed by atoms with E-state index in [4.69, 9.17) is 28.8 Å². The average Bonchev–Trinajstić information content (AvgIpc) is 1.52. The number of carboxylic acids is 3. The maximum atomic E-state index is 15.6. The number of para-hydroxylation sites is 1. The van der Waals surface area contributed by atoms with Crippen molar-refractivity contribution in [2.75, 3.05) is 90.7 Å². The third-order valence-electron chi connectivity index (χ3n) is 19.2. The van der Waals surface area contributed by atoms with Gasteiger partial charge in [0, 0.05) is 101 Å². The second-order valence-electron chi connectivity index (χ2n) is 24.2. The summed E-state index contributed by atoms with van der Waals surface area (Å²) < 4.78 is 29.6. The molecule has 28 heteroatoms. The number of aliphatic hydroxyl groups is 2. The van der Waals surface area contributed by atoms with Gasteiger partial charge in [-0.15, -0.1) is 0 Å². The van der Waals surface area contributed by atoms with Crippen LogP contribution in [0.4, 0.5) is 10.5 Å². The number of hydrogen-bond acceptors (Lipinski definition) is 21. The van der Waals surface area contributed by atoms with E-state index in [0.29, 0.717) is 81.1 Å². The third kappa shape index (κ3) is 12.0. The van der Waals surface area contributed by atoms with E-state index in [9.17, 15) is 58.8 Å². The Bertz CT molecular complexity index is 3310. The summed E-state index contributed by atoms with van der Waals surface area (Å²) in [5, 5.41) is 61.8. The highest BCUT2D eigenvalue weighted by Crippen LogP contribution is 2.68. The number of aliphatic carboxylic acids is 3. The van der Waals surface area contributed by atoms with Gasteiger partial charge in [0.25, 0.3) is 0 Å². The average molecular weight is 1280 g/mol. The Labute approximate surface area is 521 Å². The van der Waals surface area contributed by atoms with E-state index in [1.807, 2.05) is 67.3 Å². The van der Waals surface area contributed by atoms with Crippen LogP contribution in [0, 0.1) is 17.3 Å². The Morgan fingerprint density at radius 1 is 0.843 bits per heavy atom. The molecule has 2 saturated heterocycles. The number of amides is 3. The number of nitrogens with one attached hydrogen (secondary N) is 4. The molecule has 2 aromatic carbocycles. The van der Waals surface area contributed by atoms with Crippen LogP contribution in [0.2, 0.25) is 0 Å². The molecule has 6 heterocycles. The maximum Gasteiger partial charge on any atom is 0.407 e. The zero-order valence-corrected chi connectivity index (χ0v) is 52.4. The number of likely N-dealkylation sites (N-methyl/N-ethyl adjacent to an activating group) is 1. The number of ether oxygens (including phenoxy) is 5. The minimum absolute atomic E-state index is 0.0855. The molecule has 484 valence electrons. The summed E-state index contributed by atoms with van der Waals surface area (Å²) in [6.45, 7) is 6.84. The van der Waals surface area contributed by atoms with Gasteiger partial charge in [-0.25, -0.2) is 14.4 Å². The van der Waals surface area contributed by atoms with Gasteiger partial charge in [0.2, 0.25) is 17.4 Å². The van der Waals surface area contributed by atoms with Crippen molar-refractivity contribution in [2.45, 2.75) is 124 Å². The number of alkyl carbamates (subject to hydrolysis) is 1. The smallest absolute Gasteiger partial charge is 0.407 e. The van der Waals surface area contributed by atoms with Gasteiger partial charge in [0.05, 0.1) is 45.8 Å². The van der Waals surface area contributed by atoms with Crippen molar-refractivity contribution >= 4 is 91.9 Å². The van der Waals surface area contributed by atoms with Crippen molar-refractivity contribution in [2.24, 2.45) is 17.3 Å². The highest BCUT2D eigenvalue weighted by molar-refractivity contribution is 8.76. The van der Waals surface area contributed by atoms with Crippen LogP contribution in [0.15, 0.2) is 48.6 Å². The summed E-state index contributed by atoms with van der Waals surface area (Å²) >= 11 is 0. The molecule has 1 saturated carbocycles. The zero-order valence-electron chi connectivity index (χ0n) is 50.8. The summed E-state index contributed by atoms with van der Waals surface area (Å²) in [5.41, 5.74) is -3.34. The van der Waals surface area contributed by atoms with Crippen LogP contribution in [0.3, 0.4) is 0 Å². The van der Waals surface area contributed by atoms with Gasteiger partial charge in [-0.05, 0) is 74.2 Å². The monoisotopic (exact) mass is 1280 g/mol. The first-order valence-corrected chi connectivity index (χ1v) is 32.2. The van der Waals surface area contributed by atoms with Gasteiger partial charge in [0.1, 0.15) is 36.4 Å². The number of hydrogen-bond donors (Lipinski definition) is 9. The number of aromatic amines is 1. The van der Waals surface area contributed by atoms with E-state index in [0.717, 1.165) is 50.7 Å². The lowest BCUT2D eigenvalue weighted by atomic mass is 9.47. The molecule has 26 nitrogen and oxygen atoms in total. The summed E-state index contributed by atoms with van der Waals surface area (Å²) in [6, 6.07) is 6.80. The number of methoxy groups -OCH3 is 3. The van der Waals surface area contributed by atoms with Crippen molar-refractivity contribution in [3.8, 4) is 5.75 Å². The van der Waals surface area contributed by atoms with Crippen molar-refractivity contribution in [3.63, 3.8) is 0 Å². The molecule has 3 fully saturated rings. The number of carbonyl (C=O) groups excluding carboxylic acids is 6. The summed E-state index contributed by atoms with van der Waals surface area (Å²) in [7, 11) is 7.83. The molecule has 0 radical (unpaired) electrons. The quantitative estimate of drug-likeness (QED) is 0.0205. The molecule has 5 aliphatic heterocycles. The molecule has 1 aliphatic carbocycles.